The lowest BCUT2D eigenvalue weighted by molar-refractivity contribution is 0.660. The van der Waals surface area contributed by atoms with E-state index in [1.54, 1.807) is 0 Å². The van der Waals surface area contributed by atoms with Gasteiger partial charge in [0.25, 0.3) is 0 Å². The minimum atomic E-state index is -0.0837. The van der Waals surface area contributed by atoms with Crippen molar-refractivity contribution in [2.24, 2.45) is 0 Å². The van der Waals surface area contributed by atoms with Crippen molar-refractivity contribution in [1.29, 1.82) is 0 Å². The first kappa shape index (κ1) is 30.9. The van der Waals surface area contributed by atoms with E-state index in [0.717, 1.165) is 17.1 Å². The molecule has 1 aliphatic carbocycles. The number of benzene rings is 9. The summed E-state index contributed by atoms with van der Waals surface area (Å²) in [5.41, 5.74) is 13.6. The van der Waals surface area contributed by atoms with Gasteiger partial charge in [-0.2, -0.15) is 0 Å². The van der Waals surface area contributed by atoms with Crippen LogP contribution in [0.25, 0.3) is 70.9 Å². The molecule has 0 amide bonds. The summed E-state index contributed by atoms with van der Waals surface area (Å²) >= 11 is 0. The summed E-state index contributed by atoms with van der Waals surface area (Å²) in [5.74, 6) is 0. The molecule has 2 nitrogen and oxygen atoms in total. The predicted octanol–water partition coefficient (Wildman–Crippen LogP) is 14.3. The Morgan fingerprint density at radius 2 is 0.907 bits per heavy atom. The van der Waals surface area contributed by atoms with Crippen molar-refractivity contribution in [3.8, 4) is 16.8 Å². The van der Waals surface area contributed by atoms with E-state index in [-0.39, 0.29) is 5.41 Å². The molecule has 54 heavy (non-hydrogen) atoms. The molecule has 256 valence electrons. The number of hydrogen-bond acceptors (Lipinski definition) is 1. The predicted molar refractivity (Wildman–Crippen MR) is 230 cm³/mol. The van der Waals surface area contributed by atoms with E-state index in [9.17, 15) is 0 Å². The molecule has 1 aromatic heterocycles. The lowest BCUT2D eigenvalue weighted by Gasteiger charge is -2.27. The lowest BCUT2D eigenvalue weighted by Crippen LogP contribution is -2.15. The average Bonchev–Trinajstić information content (AvgIpc) is 3.66. The molecule has 2 heteroatoms. The fourth-order valence-corrected chi connectivity index (χ4v) is 9.38. The van der Waals surface area contributed by atoms with E-state index in [2.05, 4.69) is 206 Å². The van der Waals surface area contributed by atoms with Crippen molar-refractivity contribution in [2.75, 3.05) is 4.90 Å². The van der Waals surface area contributed by atoms with Gasteiger partial charge in [0.05, 0.1) is 11.0 Å². The maximum Gasteiger partial charge on any atom is 0.0561 e. The van der Waals surface area contributed by atoms with Crippen LogP contribution in [-0.4, -0.2) is 4.57 Å². The Morgan fingerprint density at radius 1 is 0.389 bits per heavy atom. The fourth-order valence-electron chi connectivity index (χ4n) is 9.38. The zero-order valence-electron chi connectivity index (χ0n) is 30.6. The molecule has 0 saturated heterocycles. The maximum absolute atomic E-state index is 2.47. The lowest BCUT2D eigenvalue weighted by atomic mass is 9.82. The SMILES string of the molecule is Cc1ccc(N(c2ccc3c4ccccc4c4ccccc4c3c2)c2ccc3c4ccccc4n(-c4ccc5c(c4)C(C)(C)c4ccccc4-5)c3c2)cc1. The van der Waals surface area contributed by atoms with Gasteiger partial charge in [-0.15, -0.1) is 0 Å². The molecular weight excluding hydrogens is 653 g/mol. The van der Waals surface area contributed by atoms with Gasteiger partial charge in [-0.05, 0) is 116 Å². The topological polar surface area (TPSA) is 8.17 Å². The molecule has 9 aromatic carbocycles. The Labute approximate surface area is 315 Å². The second-order valence-corrected chi connectivity index (χ2v) is 15.4. The van der Waals surface area contributed by atoms with Crippen molar-refractivity contribution in [3.05, 3.63) is 193 Å². The molecule has 0 aliphatic heterocycles. The van der Waals surface area contributed by atoms with Gasteiger partial charge >= 0.3 is 0 Å². The van der Waals surface area contributed by atoms with Crippen molar-refractivity contribution < 1.29 is 0 Å². The van der Waals surface area contributed by atoms with Gasteiger partial charge in [0.1, 0.15) is 0 Å². The van der Waals surface area contributed by atoms with Gasteiger partial charge in [0.2, 0.25) is 0 Å². The zero-order valence-corrected chi connectivity index (χ0v) is 30.6. The van der Waals surface area contributed by atoms with E-state index >= 15 is 0 Å². The van der Waals surface area contributed by atoms with Crippen molar-refractivity contribution in [2.45, 2.75) is 26.2 Å². The summed E-state index contributed by atoms with van der Waals surface area (Å²) in [4.78, 5) is 2.42. The minimum Gasteiger partial charge on any atom is -0.310 e. The highest BCUT2D eigenvalue weighted by Crippen LogP contribution is 2.50. The third kappa shape index (κ3) is 4.40. The smallest absolute Gasteiger partial charge is 0.0561 e. The van der Waals surface area contributed by atoms with E-state index in [4.69, 9.17) is 0 Å². The summed E-state index contributed by atoms with van der Waals surface area (Å²) in [6, 6.07) is 65.4. The number of fused-ring (bicyclic) bond motifs is 12. The molecule has 0 spiro atoms. The molecule has 0 atom stereocenters. The van der Waals surface area contributed by atoms with Crippen LogP contribution < -0.4 is 4.90 Å². The van der Waals surface area contributed by atoms with Crippen LogP contribution in [0.3, 0.4) is 0 Å². The fraction of sp³-hybridized carbons (Fsp3) is 0.0769. The number of aromatic nitrogens is 1. The van der Waals surface area contributed by atoms with Gasteiger partial charge < -0.3 is 9.47 Å². The Kier molecular flexibility index (Phi) is 6.55. The van der Waals surface area contributed by atoms with Crippen molar-refractivity contribution >= 4 is 71.2 Å². The van der Waals surface area contributed by atoms with E-state index in [1.807, 2.05) is 0 Å². The van der Waals surface area contributed by atoms with Crippen molar-refractivity contribution in [1.82, 2.24) is 4.57 Å². The molecule has 10 aromatic rings. The highest BCUT2D eigenvalue weighted by atomic mass is 15.1. The Balaban J connectivity index is 1.15. The first-order chi connectivity index (χ1) is 26.5. The first-order valence-corrected chi connectivity index (χ1v) is 18.9. The van der Waals surface area contributed by atoms with Gasteiger partial charge in [0, 0.05) is 38.9 Å². The Morgan fingerprint density at radius 3 is 1.63 bits per heavy atom. The number of nitrogens with zero attached hydrogens (tertiary/aromatic N) is 2. The molecule has 0 unspecified atom stereocenters. The number of rotatable bonds is 4. The molecule has 1 heterocycles. The molecule has 0 N–H and O–H groups in total. The quantitative estimate of drug-likeness (QED) is 0.167. The maximum atomic E-state index is 2.47. The normalized spacial score (nSPS) is 13.2. The largest absolute Gasteiger partial charge is 0.310 e. The first-order valence-electron chi connectivity index (χ1n) is 18.9. The summed E-state index contributed by atoms with van der Waals surface area (Å²) in [7, 11) is 0. The van der Waals surface area contributed by atoms with E-state index < -0.39 is 0 Å². The zero-order chi connectivity index (χ0) is 36.1. The summed E-state index contributed by atoms with van der Waals surface area (Å²) in [5, 5.41) is 10.2. The number of para-hydroxylation sites is 1. The molecule has 0 saturated carbocycles. The summed E-state index contributed by atoms with van der Waals surface area (Å²) < 4.78 is 2.47. The average molecular weight is 691 g/mol. The Hall–Kier alpha value is -6.64. The summed E-state index contributed by atoms with van der Waals surface area (Å²) in [6.07, 6.45) is 0. The van der Waals surface area contributed by atoms with Crippen LogP contribution in [0.5, 0.6) is 0 Å². The van der Waals surface area contributed by atoms with E-state index in [0.29, 0.717) is 0 Å². The number of hydrogen-bond donors (Lipinski definition) is 0. The van der Waals surface area contributed by atoms with Gasteiger partial charge in [-0.3, -0.25) is 0 Å². The van der Waals surface area contributed by atoms with Crippen LogP contribution in [-0.2, 0) is 5.41 Å². The monoisotopic (exact) mass is 690 g/mol. The molecule has 0 bridgehead atoms. The number of anilines is 3. The second kappa shape index (κ2) is 11.4. The van der Waals surface area contributed by atoms with Crippen LogP contribution in [0.2, 0.25) is 0 Å². The van der Waals surface area contributed by atoms with Gasteiger partial charge in [0.15, 0.2) is 0 Å². The van der Waals surface area contributed by atoms with Crippen LogP contribution in [0.4, 0.5) is 17.1 Å². The van der Waals surface area contributed by atoms with Crippen LogP contribution in [0.1, 0.15) is 30.5 Å². The van der Waals surface area contributed by atoms with E-state index in [1.165, 1.54) is 87.6 Å². The third-order valence-corrected chi connectivity index (χ3v) is 12.0. The minimum absolute atomic E-state index is 0.0837. The van der Waals surface area contributed by atoms with Crippen LogP contribution >= 0.6 is 0 Å². The number of aryl methyl sites for hydroxylation is 1. The summed E-state index contributed by atoms with van der Waals surface area (Å²) in [6.45, 7) is 6.88. The highest BCUT2D eigenvalue weighted by Gasteiger charge is 2.35. The molecule has 11 rings (SSSR count). The van der Waals surface area contributed by atoms with Crippen LogP contribution in [0.15, 0.2) is 176 Å². The molecule has 1 aliphatic rings. The Bertz CT molecular complexity index is 3110. The molecule has 0 radical (unpaired) electrons. The standard InChI is InChI=1S/C52H38N2/c1-33-20-22-34(23-21-33)53(35-24-27-42-40-14-5-4-12-38(40)39-13-6-7-15-41(39)47(42)30-35)37-26-29-46-45-17-9-11-19-50(45)54(51(46)32-37)36-25-28-44-43-16-8-10-18-48(43)52(2,3)49(44)31-36/h4-32H,1-3H3. The van der Waals surface area contributed by atoms with Crippen molar-refractivity contribution in [3.63, 3.8) is 0 Å². The molecular formula is C52H38N2. The van der Waals surface area contributed by atoms with Gasteiger partial charge in [-0.25, -0.2) is 0 Å². The second-order valence-electron chi connectivity index (χ2n) is 15.4. The van der Waals surface area contributed by atoms with Gasteiger partial charge in [-0.1, -0.05) is 141 Å². The third-order valence-electron chi connectivity index (χ3n) is 12.0. The van der Waals surface area contributed by atoms with Crippen LogP contribution in [0, 0.1) is 6.92 Å². The molecule has 0 fully saturated rings. The highest BCUT2D eigenvalue weighted by molar-refractivity contribution is 6.26.